The molecule has 0 saturated heterocycles. The van der Waals surface area contributed by atoms with Crippen molar-refractivity contribution in [3.63, 3.8) is 0 Å². The molecule has 0 bridgehead atoms. The molecule has 0 fully saturated rings. The van der Waals surface area contributed by atoms with E-state index in [2.05, 4.69) is 10.3 Å². The third kappa shape index (κ3) is 10.2. The van der Waals surface area contributed by atoms with Gasteiger partial charge in [0.25, 0.3) is 0 Å². The van der Waals surface area contributed by atoms with E-state index in [-0.39, 0.29) is 6.04 Å². The molecule has 0 aliphatic rings. The van der Waals surface area contributed by atoms with Crippen molar-refractivity contribution < 1.29 is 28.1 Å². The zero-order valence-corrected chi connectivity index (χ0v) is 17.2. The second-order valence-electron chi connectivity index (χ2n) is 5.96. The molecule has 158 valence electrons. The van der Waals surface area contributed by atoms with Crippen LogP contribution in [0.2, 0.25) is 5.02 Å². The summed E-state index contributed by atoms with van der Waals surface area (Å²) in [6.07, 6.45) is 3.15. The van der Waals surface area contributed by atoms with Crippen LogP contribution in [0.5, 0.6) is 0 Å². The lowest BCUT2D eigenvalue weighted by atomic mass is 10.1. The molecule has 8 nitrogen and oxygen atoms in total. The molecule has 0 radical (unpaired) electrons. The van der Waals surface area contributed by atoms with Crippen LogP contribution in [-0.4, -0.2) is 64.7 Å². The number of nitrogens with zero attached hydrogens (tertiary/aromatic N) is 2. The monoisotopic (exact) mass is 437 g/mol. The lowest BCUT2D eigenvalue weighted by Gasteiger charge is -2.21. The highest BCUT2D eigenvalue weighted by Crippen LogP contribution is 2.25. The minimum atomic E-state index is -4.67. The zero-order chi connectivity index (χ0) is 24.7. The van der Waals surface area contributed by atoms with E-state index in [4.69, 9.17) is 34.6 Å². The lowest BCUT2D eigenvalue weighted by Crippen LogP contribution is -2.28. The Hall–Kier alpha value is -1.49. The first-order valence-electron chi connectivity index (χ1n) is 10.5. The van der Waals surface area contributed by atoms with Gasteiger partial charge in [0.15, 0.2) is 0 Å². The average Bonchev–Trinajstić information content (AvgIpc) is 2.62. The number of pyridine rings is 1. The summed E-state index contributed by atoms with van der Waals surface area (Å²) < 4.78 is 61.9. The van der Waals surface area contributed by atoms with E-state index in [0.29, 0.717) is 24.5 Å². The van der Waals surface area contributed by atoms with Gasteiger partial charge in [-0.25, -0.2) is 0 Å². The van der Waals surface area contributed by atoms with Gasteiger partial charge in [0.05, 0.1) is 14.8 Å². The summed E-state index contributed by atoms with van der Waals surface area (Å²) >= 11 is 6.02. The summed E-state index contributed by atoms with van der Waals surface area (Å²) in [5, 5.41) is 14.5. The van der Waals surface area contributed by atoms with Crippen LogP contribution in [0.15, 0.2) is 30.5 Å². The Morgan fingerprint density at radius 1 is 1.36 bits per heavy atom. The molecule has 1 aromatic heterocycles. The van der Waals surface area contributed by atoms with Gasteiger partial charge in [-0.2, -0.15) is 8.42 Å². The van der Waals surface area contributed by atoms with Crippen molar-refractivity contribution in [1.82, 2.24) is 9.88 Å². The number of nitrogens with one attached hydrogen (secondary N) is 1. The number of benzene rings is 1. The van der Waals surface area contributed by atoms with Crippen molar-refractivity contribution >= 4 is 38.6 Å². The highest BCUT2D eigenvalue weighted by atomic mass is 35.5. The van der Waals surface area contributed by atoms with Crippen LogP contribution in [0, 0.1) is 0 Å². The van der Waals surface area contributed by atoms with Crippen LogP contribution in [0.25, 0.3) is 10.9 Å². The van der Waals surface area contributed by atoms with Crippen LogP contribution >= 0.6 is 11.6 Å². The molecule has 2 aromatic rings. The number of hydrogen-bond donors (Lipinski definition) is 4. The number of aliphatic hydroxyl groups is 1. The molecular formula is C18H28ClN3O5S. The molecular weight excluding hydrogens is 406 g/mol. The van der Waals surface area contributed by atoms with Crippen molar-refractivity contribution in [3.05, 3.63) is 35.5 Å². The molecule has 4 N–H and O–H groups in total. The van der Waals surface area contributed by atoms with Gasteiger partial charge < -0.3 is 15.3 Å². The Bertz CT molecular complexity index is 984. The molecule has 0 spiro atoms. The van der Waals surface area contributed by atoms with E-state index < -0.39 is 23.5 Å². The van der Waals surface area contributed by atoms with Crippen molar-refractivity contribution in [2.75, 3.05) is 31.5 Å². The van der Waals surface area contributed by atoms with E-state index in [1.165, 1.54) is 4.90 Å². The Morgan fingerprint density at radius 2 is 2.04 bits per heavy atom. The first kappa shape index (κ1) is 18.5. The van der Waals surface area contributed by atoms with E-state index in [1.54, 1.807) is 13.1 Å². The SMILES string of the molecule is O=S(=O)(O)O.[2H]C([2H])(O)C([2H])([2H])N(CC)CCCC(C)Nc1ccnc2cc(Cl)ccc12. The predicted molar refractivity (Wildman–Crippen MR) is 112 cm³/mol. The second kappa shape index (κ2) is 12.2. The van der Waals surface area contributed by atoms with Crippen molar-refractivity contribution in [3.8, 4) is 0 Å². The molecule has 1 heterocycles. The highest BCUT2D eigenvalue weighted by Gasteiger charge is 2.08. The molecule has 0 aliphatic heterocycles. The summed E-state index contributed by atoms with van der Waals surface area (Å²) in [6, 6.07) is 7.60. The van der Waals surface area contributed by atoms with Crippen molar-refractivity contribution in [2.45, 2.75) is 32.7 Å². The maximum atomic E-state index is 9.46. The zero-order valence-electron chi connectivity index (χ0n) is 19.6. The molecule has 1 atom stereocenters. The van der Waals surface area contributed by atoms with Gasteiger partial charge in [0.1, 0.15) is 0 Å². The summed E-state index contributed by atoms with van der Waals surface area (Å²) in [7, 11) is -4.67. The van der Waals surface area contributed by atoms with Crippen LogP contribution < -0.4 is 5.32 Å². The van der Waals surface area contributed by atoms with E-state index in [9.17, 15) is 5.11 Å². The maximum Gasteiger partial charge on any atom is 0.394 e. The first-order chi connectivity index (χ1) is 14.6. The number of rotatable bonds is 9. The fourth-order valence-electron chi connectivity index (χ4n) is 2.54. The van der Waals surface area contributed by atoms with Crippen LogP contribution in [0.4, 0.5) is 5.69 Å². The van der Waals surface area contributed by atoms with Gasteiger partial charge in [0.2, 0.25) is 0 Å². The Kier molecular flexibility index (Phi) is 8.04. The number of halogens is 1. The van der Waals surface area contributed by atoms with Crippen LogP contribution in [-0.2, 0) is 10.4 Å². The largest absolute Gasteiger partial charge is 0.395 e. The predicted octanol–water partition coefficient (Wildman–Crippen LogP) is 3.13. The minimum absolute atomic E-state index is 0.127. The topological polar surface area (TPSA) is 123 Å². The average molecular weight is 438 g/mol. The van der Waals surface area contributed by atoms with Gasteiger partial charge in [-0.3, -0.25) is 14.1 Å². The number of likely N-dealkylation sites (N-methyl/N-ethyl adjacent to an activating group) is 1. The van der Waals surface area contributed by atoms with E-state index >= 15 is 0 Å². The molecule has 1 unspecified atom stereocenters. The Labute approximate surface area is 176 Å². The first-order valence-corrected chi connectivity index (χ1v) is 10.3. The van der Waals surface area contributed by atoms with Crippen molar-refractivity contribution in [1.29, 1.82) is 0 Å². The number of fused-ring (bicyclic) bond motifs is 1. The van der Waals surface area contributed by atoms with Crippen molar-refractivity contribution in [2.24, 2.45) is 0 Å². The molecule has 0 aliphatic carbocycles. The number of anilines is 1. The van der Waals surface area contributed by atoms with Gasteiger partial charge in [-0.1, -0.05) is 18.5 Å². The second-order valence-corrected chi connectivity index (χ2v) is 7.29. The fourth-order valence-corrected chi connectivity index (χ4v) is 2.70. The smallest absolute Gasteiger partial charge is 0.394 e. The third-order valence-electron chi connectivity index (χ3n) is 3.76. The molecule has 0 amide bonds. The molecule has 2 rings (SSSR count). The van der Waals surface area contributed by atoms with E-state index in [0.717, 1.165) is 23.0 Å². The van der Waals surface area contributed by atoms with Gasteiger partial charge >= 0.3 is 10.4 Å². The highest BCUT2D eigenvalue weighted by molar-refractivity contribution is 7.79. The quantitative estimate of drug-likeness (QED) is 0.441. The Morgan fingerprint density at radius 3 is 2.64 bits per heavy atom. The third-order valence-corrected chi connectivity index (χ3v) is 4.00. The van der Waals surface area contributed by atoms with Crippen LogP contribution in [0.1, 0.15) is 32.2 Å². The molecule has 1 aromatic carbocycles. The lowest BCUT2D eigenvalue weighted by molar-refractivity contribution is 0.199. The van der Waals surface area contributed by atoms with Gasteiger partial charge in [-0.15, -0.1) is 0 Å². The fraction of sp³-hybridized carbons (Fsp3) is 0.500. The maximum absolute atomic E-state index is 9.46. The normalized spacial score (nSPS) is 15.7. The number of hydrogen-bond acceptors (Lipinski definition) is 6. The minimum Gasteiger partial charge on any atom is -0.395 e. The van der Waals surface area contributed by atoms with Crippen LogP contribution in [0.3, 0.4) is 0 Å². The van der Waals surface area contributed by atoms with Gasteiger partial charge in [-0.05, 0) is 57.1 Å². The standard InChI is InChI=1S/C18H26ClN3O.H2O4S/c1-3-22(11-12-23)10-4-5-14(2)21-17-8-9-20-18-13-15(19)6-7-16(17)18;1-5(2,3)4/h6-9,13-14,23H,3-5,10-12H2,1-2H3,(H,20,21);(H2,1,2,3,4)/i11D2,12D2;. The summed E-state index contributed by atoms with van der Waals surface area (Å²) in [5.41, 5.74) is 1.77. The Balaban J connectivity index is 0.000000920. The summed E-state index contributed by atoms with van der Waals surface area (Å²) in [5.74, 6) is 0. The molecule has 28 heavy (non-hydrogen) atoms. The summed E-state index contributed by atoms with van der Waals surface area (Å²) in [6.45, 7) is -0.895. The van der Waals surface area contributed by atoms with E-state index in [1.807, 2.05) is 31.2 Å². The number of aromatic nitrogens is 1. The molecule has 10 heteroatoms. The summed E-state index contributed by atoms with van der Waals surface area (Å²) in [4.78, 5) is 5.65. The van der Waals surface area contributed by atoms with Gasteiger partial charge in [0, 0.05) is 37.6 Å². The molecule has 0 saturated carbocycles.